The number of rotatable bonds is 6. The van der Waals surface area contributed by atoms with E-state index in [4.69, 9.17) is 16.0 Å². The summed E-state index contributed by atoms with van der Waals surface area (Å²) in [5.74, 6) is -0.262. The second kappa shape index (κ2) is 8.46. The molecule has 2 aromatic carbocycles. The molecule has 0 aliphatic heterocycles. The molecule has 0 aliphatic rings. The number of nitrogens with zero attached hydrogens (tertiary/aromatic N) is 2. The molecule has 0 fully saturated rings. The fourth-order valence-corrected chi connectivity index (χ4v) is 2.50. The van der Waals surface area contributed by atoms with Gasteiger partial charge in [0.25, 0.3) is 0 Å². The quantitative estimate of drug-likeness (QED) is 0.635. The number of carbonyl (C=O) groups is 2. The second-order valence-electron chi connectivity index (χ2n) is 5.83. The van der Waals surface area contributed by atoms with Gasteiger partial charge in [-0.3, -0.25) is 9.59 Å². The van der Waals surface area contributed by atoms with E-state index in [2.05, 4.69) is 20.8 Å². The Morgan fingerprint density at radius 1 is 1.07 bits per heavy atom. The highest BCUT2D eigenvalue weighted by Crippen LogP contribution is 2.20. The van der Waals surface area contributed by atoms with Crippen LogP contribution in [0, 0.1) is 6.92 Å². The Balaban J connectivity index is 1.50. The predicted molar refractivity (Wildman–Crippen MR) is 101 cm³/mol. The van der Waals surface area contributed by atoms with Gasteiger partial charge >= 0.3 is 0 Å². The molecule has 0 bridgehead atoms. The van der Waals surface area contributed by atoms with Crippen molar-refractivity contribution in [3.05, 3.63) is 65.0 Å². The summed E-state index contributed by atoms with van der Waals surface area (Å²) in [5.41, 5.74) is 2.22. The fraction of sp³-hybridized carbons (Fsp3) is 0.158. The molecule has 0 aliphatic carbocycles. The van der Waals surface area contributed by atoms with Crippen LogP contribution in [-0.2, 0) is 16.1 Å². The molecule has 8 heteroatoms. The molecule has 3 rings (SSSR count). The lowest BCUT2D eigenvalue weighted by atomic mass is 10.2. The third-order valence-corrected chi connectivity index (χ3v) is 3.95. The van der Waals surface area contributed by atoms with Gasteiger partial charge in [0.2, 0.25) is 23.6 Å². The van der Waals surface area contributed by atoms with Crippen LogP contribution in [-0.4, -0.2) is 22.0 Å². The van der Waals surface area contributed by atoms with Gasteiger partial charge in [0, 0.05) is 16.3 Å². The van der Waals surface area contributed by atoms with Gasteiger partial charge in [0.05, 0.1) is 6.54 Å². The number of anilines is 1. The maximum atomic E-state index is 12.0. The first-order valence-corrected chi connectivity index (χ1v) is 8.59. The molecule has 0 saturated heterocycles. The van der Waals surface area contributed by atoms with Gasteiger partial charge in [-0.25, -0.2) is 0 Å². The summed E-state index contributed by atoms with van der Waals surface area (Å²) in [6.45, 7) is 1.88. The maximum absolute atomic E-state index is 12.0. The average molecular weight is 385 g/mol. The Morgan fingerprint density at radius 3 is 2.63 bits per heavy atom. The Bertz CT molecular complexity index is 957. The van der Waals surface area contributed by atoms with Crippen LogP contribution in [0.3, 0.4) is 0 Å². The summed E-state index contributed by atoms with van der Waals surface area (Å²) in [4.78, 5) is 24.0. The number of hydrogen-bond donors (Lipinski definition) is 2. The van der Waals surface area contributed by atoms with E-state index >= 15 is 0 Å². The number of amides is 2. The average Bonchev–Trinajstić information content (AvgIpc) is 3.13. The molecule has 0 unspecified atom stereocenters. The zero-order chi connectivity index (χ0) is 19.2. The molecule has 7 nitrogen and oxygen atoms in total. The summed E-state index contributed by atoms with van der Waals surface area (Å²) < 4.78 is 5.50. The Hall–Kier alpha value is -3.19. The van der Waals surface area contributed by atoms with Gasteiger partial charge in [-0.05, 0) is 36.8 Å². The number of aryl methyl sites for hydroxylation is 1. The van der Waals surface area contributed by atoms with Crippen molar-refractivity contribution in [1.29, 1.82) is 0 Å². The number of nitrogens with one attached hydrogen (secondary N) is 2. The largest absolute Gasteiger partial charge is 0.419 e. The summed E-state index contributed by atoms with van der Waals surface area (Å²) in [7, 11) is 0. The topological polar surface area (TPSA) is 97.1 Å². The van der Waals surface area contributed by atoms with Crippen LogP contribution < -0.4 is 10.6 Å². The predicted octanol–water partition coefficient (Wildman–Crippen LogP) is 3.34. The van der Waals surface area contributed by atoms with Crippen molar-refractivity contribution < 1.29 is 14.0 Å². The number of hydrogen-bond acceptors (Lipinski definition) is 5. The highest BCUT2D eigenvalue weighted by atomic mass is 35.5. The minimum atomic E-state index is -0.452. The smallest absolute Gasteiger partial charge is 0.247 e. The first kappa shape index (κ1) is 18.6. The molecule has 27 heavy (non-hydrogen) atoms. The summed E-state index contributed by atoms with van der Waals surface area (Å²) >= 11 is 5.92. The molecule has 2 amide bonds. The van der Waals surface area contributed by atoms with E-state index in [0.717, 1.165) is 11.1 Å². The standard InChI is InChI=1S/C19H17ClN4O3/c1-12-7-8-14(20)9-15(12)22-17(26)10-16(25)21-11-18-23-24-19(27-18)13-5-3-2-4-6-13/h2-9H,10-11H2,1H3,(H,21,25)(H,22,26). The Labute approximate surface area is 160 Å². The van der Waals surface area contributed by atoms with Gasteiger partial charge in [0.15, 0.2) is 0 Å². The van der Waals surface area contributed by atoms with Crippen molar-refractivity contribution in [2.24, 2.45) is 0 Å². The zero-order valence-electron chi connectivity index (χ0n) is 14.5. The SMILES string of the molecule is Cc1ccc(Cl)cc1NC(=O)CC(=O)NCc1nnc(-c2ccccc2)o1. The zero-order valence-corrected chi connectivity index (χ0v) is 15.3. The lowest BCUT2D eigenvalue weighted by molar-refractivity contribution is -0.127. The van der Waals surface area contributed by atoms with Crippen LogP contribution in [0.4, 0.5) is 5.69 Å². The molecule has 138 valence electrons. The number of carbonyl (C=O) groups excluding carboxylic acids is 2. The lowest BCUT2D eigenvalue weighted by Gasteiger charge is -2.08. The van der Waals surface area contributed by atoms with Crippen molar-refractivity contribution in [1.82, 2.24) is 15.5 Å². The molecule has 0 atom stereocenters. The van der Waals surface area contributed by atoms with Gasteiger partial charge in [-0.15, -0.1) is 10.2 Å². The monoisotopic (exact) mass is 384 g/mol. The van der Waals surface area contributed by atoms with Crippen LogP contribution >= 0.6 is 11.6 Å². The Morgan fingerprint density at radius 2 is 1.85 bits per heavy atom. The van der Waals surface area contributed by atoms with Crippen LogP contribution in [0.5, 0.6) is 0 Å². The van der Waals surface area contributed by atoms with E-state index in [1.165, 1.54) is 0 Å². The Kier molecular flexibility index (Phi) is 5.83. The van der Waals surface area contributed by atoms with Gasteiger partial charge in [-0.1, -0.05) is 35.9 Å². The van der Waals surface area contributed by atoms with Gasteiger partial charge in [0.1, 0.15) is 6.42 Å². The first-order chi connectivity index (χ1) is 13.0. The minimum absolute atomic E-state index is 0.0438. The van der Waals surface area contributed by atoms with E-state index in [1.807, 2.05) is 37.3 Å². The minimum Gasteiger partial charge on any atom is -0.419 e. The summed E-state index contributed by atoms with van der Waals surface area (Å²) in [6.07, 6.45) is -0.328. The lowest BCUT2D eigenvalue weighted by Crippen LogP contribution is -2.28. The van der Waals surface area contributed by atoms with Crippen LogP contribution in [0.1, 0.15) is 17.9 Å². The maximum Gasteiger partial charge on any atom is 0.247 e. The van der Waals surface area contributed by atoms with E-state index in [0.29, 0.717) is 16.6 Å². The van der Waals surface area contributed by atoms with Crippen molar-refractivity contribution in [3.8, 4) is 11.5 Å². The molecular weight excluding hydrogens is 368 g/mol. The van der Waals surface area contributed by atoms with Crippen molar-refractivity contribution in [2.45, 2.75) is 19.9 Å². The van der Waals surface area contributed by atoms with Gasteiger partial charge in [-0.2, -0.15) is 0 Å². The molecule has 2 N–H and O–H groups in total. The van der Waals surface area contributed by atoms with Crippen LogP contribution in [0.25, 0.3) is 11.5 Å². The third-order valence-electron chi connectivity index (χ3n) is 3.72. The number of benzene rings is 2. The van der Waals surface area contributed by atoms with Crippen LogP contribution in [0.2, 0.25) is 5.02 Å². The normalized spacial score (nSPS) is 10.4. The number of halogens is 1. The van der Waals surface area contributed by atoms with E-state index < -0.39 is 11.8 Å². The van der Waals surface area contributed by atoms with E-state index in [1.54, 1.807) is 18.2 Å². The molecule has 0 spiro atoms. The second-order valence-corrected chi connectivity index (χ2v) is 6.26. The fourth-order valence-electron chi connectivity index (χ4n) is 2.33. The molecule has 1 aromatic heterocycles. The first-order valence-electron chi connectivity index (χ1n) is 8.22. The van der Waals surface area contributed by atoms with Gasteiger partial charge < -0.3 is 15.1 Å². The summed E-state index contributed by atoms with van der Waals surface area (Å²) in [5, 5.41) is 13.6. The number of aromatic nitrogens is 2. The van der Waals surface area contributed by atoms with Crippen molar-refractivity contribution >= 4 is 29.1 Å². The highest BCUT2D eigenvalue weighted by molar-refractivity contribution is 6.31. The van der Waals surface area contributed by atoms with Crippen molar-refractivity contribution in [2.75, 3.05) is 5.32 Å². The van der Waals surface area contributed by atoms with Crippen molar-refractivity contribution in [3.63, 3.8) is 0 Å². The molecule has 0 saturated carbocycles. The molecule has 3 aromatic rings. The highest BCUT2D eigenvalue weighted by Gasteiger charge is 2.13. The molecular formula is C19H17ClN4O3. The van der Waals surface area contributed by atoms with E-state index in [9.17, 15) is 9.59 Å². The molecule has 1 heterocycles. The molecule has 0 radical (unpaired) electrons. The third kappa shape index (κ3) is 5.15. The van der Waals surface area contributed by atoms with E-state index in [-0.39, 0.29) is 18.9 Å². The van der Waals surface area contributed by atoms with Crippen LogP contribution in [0.15, 0.2) is 52.9 Å². The summed E-state index contributed by atoms with van der Waals surface area (Å²) in [6, 6.07) is 14.5.